The van der Waals surface area contributed by atoms with Crippen molar-refractivity contribution < 1.29 is 28.7 Å². The van der Waals surface area contributed by atoms with Crippen molar-refractivity contribution in [1.82, 2.24) is 10.2 Å². The number of thiophene rings is 1. The highest BCUT2D eigenvalue weighted by molar-refractivity contribution is 9.09. The van der Waals surface area contributed by atoms with Crippen LogP contribution in [0.15, 0.2) is 28.5 Å². The molecule has 2 amide bonds. The second-order valence-corrected chi connectivity index (χ2v) is 10.7. The van der Waals surface area contributed by atoms with Gasteiger partial charge in [-0.25, -0.2) is 9.59 Å². The molecule has 3 heterocycles. The van der Waals surface area contributed by atoms with Gasteiger partial charge in [-0.15, -0.1) is 23.1 Å². The zero-order valence-electron chi connectivity index (χ0n) is 17.3. The third-order valence-electron chi connectivity index (χ3n) is 4.39. The summed E-state index contributed by atoms with van der Waals surface area (Å²) in [6.45, 7) is 5.24. The average molecular weight is 531 g/mol. The van der Waals surface area contributed by atoms with Crippen molar-refractivity contribution in [2.24, 2.45) is 0 Å². The zero-order chi connectivity index (χ0) is 22.8. The van der Waals surface area contributed by atoms with Crippen LogP contribution >= 0.6 is 39.0 Å². The number of ether oxygens (including phenoxy) is 2. The third-order valence-corrected chi connectivity index (χ3v) is 6.76. The lowest BCUT2D eigenvalue weighted by Gasteiger charge is -2.51. The van der Waals surface area contributed by atoms with E-state index in [1.54, 1.807) is 20.8 Å². The van der Waals surface area contributed by atoms with E-state index in [2.05, 4.69) is 21.2 Å². The number of halogens is 1. The number of amides is 2. The van der Waals surface area contributed by atoms with E-state index in [9.17, 15) is 19.2 Å². The second kappa shape index (κ2) is 9.74. The van der Waals surface area contributed by atoms with E-state index in [1.165, 1.54) is 33.4 Å². The molecule has 0 saturated carbocycles. The van der Waals surface area contributed by atoms with Crippen molar-refractivity contribution in [2.75, 3.05) is 11.9 Å². The summed E-state index contributed by atoms with van der Waals surface area (Å²) in [5, 5.41) is 6.08. The number of fused-ring (bicyclic) bond motifs is 1. The largest absolute Gasteiger partial charge is 0.461 e. The van der Waals surface area contributed by atoms with E-state index in [1.807, 2.05) is 17.5 Å². The third kappa shape index (κ3) is 5.50. The SMILES string of the molecule is CC(C)(C)OC(=O)C1C(C(=O)OCCBr)=CS[C@@H]2C(NC(=O)Cc3cccs3)C(=O)N12. The van der Waals surface area contributed by atoms with E-state index in [-0.39, 0.29) is 24.5 Å². The number of hydrogen-bond acceptors (Lipinski definition) is 8. The van der Waals surface area contributed by atoms with Crippen LogP contribution in [0.4, 0.5) is 0 Å². The minimum absolute atomic E-state index is 0.0492. The van der Waals surface area contributed by atoms with Gasteiger partial charge in [0.05, 0.1) is 12.0 Å². The summed E-state index contributed by atoms with van der Waals surface area (Å²) >= 11 is 5.84. The molecule has 2 aliphatic heterocycles. The van der Waals surface area contributed by atoms with Crippen molar-refractivity contribution in [3.8, 4) is 0 Å². The van der Waals surface area contributed by atoms with Gasteiger partial charge >= 0.3 is 11.9 Å². The molecule has 0 spiro atoms. The fraction of sp³-hybridized carbons (Fsp3) is 0.500. The van der Waals surface area contributed by atoms with Crippen LogP contribution in [0.25, 0.3) is 0 Å². The Morgan fingerprint density at radius 3 is 2.65 bits per heavy atom. The van der Waals surface area contributed by atoms with Crippen LogP contribution in [-0.2, 0) is 35.1 Å². The van der Waals surface area contributed by atoms with Crippen LogP contribution in [-0.4, -0.2) is 63.6 Å². The van der Waals surface area contributed by atoms with Gasteiger partial charge in [0, 0.05) is 10.2 Å². The standard InChI is InChI=1S/C20H23BrN2O6S2/c1-20(2,3)29-19(27)15-12(18(26)28-7-6-21)10-31-17-14(16(25)23(15)17)22-13(24)9-11-5-4-8-30-11/h4-5,8,10,14-15,17H,6-7,9H2,1-3H3,(H,22,24)/t14?,15?,17-/m1/s1. The Bertz CT molecular complexity index is 896. The highest BCUT2D eigenvalue weighted by Crippen LogP contribution is 2.41. The van der Waals surface area contributed by atoms with Crippen LogP contribution in [0.1, 0.15) is 25.6 Å². The predicted octanol–water partition coefficient (Wildman–Crippen LogP) is 2.22. The summed E-state index contributed by atoms with van der Waals surface area (Å²) in [5.41, 5.74) is -0.752. The number of carbonyl (C=O) groups is 4. The molecule has 1 fully saturated rings. The first-order valence-corrected chi connectivity index (χ1v) is 12.5. The lowest BCUT2D eigenvalue weighted by molar-refractivity contribution is -0.171. The van der Waals surface area contributed by atoms with Crippen LogP contribution in [0.5, 0.6) is 0 Å². The maximum absolute atomic E-state index is 12.9. The maximum atomic E-state index is 12.9. The lowest BCUT2D eigenvalue weighted by atomic mass is 9.97. The number of carbonyl (C=O) groups excluding carboxylic acids is 4. The van der Waals surface area contributed by atoms with E-state index < -0.39 is 40.9 Å². The Morgan fingerprint density at radius 1 is 1.29 bits per heavy atom. The molecule has 0 bridgehead atoms. The van der Waals surface area contributed by atoms with Gasteiger partial charge in [0.15, 0.2) is 6.04 Å². The number of esters is 2. The van der Waals surface area contributed by atoms with E-state index in [0.29, 0.717) is 5.33 Å². The molecule has 2 unspecified atom stereocenters. The normalized spacial score (nSPS) is 22.7. The molecule has 11 heteroatoms. The minimum atomic E-state index is -1.22. The quantitative estimate of drug-likeness (QED) is 0.327. The smallest absolute Gasteiger partial charge is 0.337 e. The first-order chi connectivity index (χ1) is 14.6. The van der Waals surface area contributed by atoms with Crippen molar-refractivity contribution in [1.29, 1.82) is 0 Å². The number of hydrogen-bond donors (Lipinski definition) is 1. The number of β-lactam (4-membered cyclic amide) rings is 1. The lowest BCUT2D eigenvalue weighted by Crippen LogP contribution is -2.74. The van der Waals surface area contributed by atoms with E-state index in [0.717, 1.165) is 4.88 Å². The Kier molecular flexibility index (Phi) is 7.48. The molecular formula is C20H23BrN2O6S2. The minimum Gasteiger partial charge on any atom is -0.461 e. The Balaban J connectivity index is 1.77. The van der Waals surface area contributed by atoms with Crippen molar-refractivity contribution in [3.05, 3.63) is 33.4 Å². The van der Waals surface area contributed by atoms with Gasteiger partial charge in [-0.3, -0.25) is 9.59 Å². The van der Waals surface area contributed by atoms with E-state index >= 15 is 0 Å². The maximum Gasteiger partial charge on any atom is 0.337 e. The Hall–Kier alpha value is -1.85. The summed E-state index contributed by atoms with van der Waals surface area (Å²) < 4.78 is 10.6. The highest BCUT2D eigenvalue weighted by atomic mass is 79.9. The summed E-state index contributed by atoms with van der Waals surface area (Å²) in [7, 11) is 0. The molecule has 3 rings (SSSR count). The van der Waals surface area contributed by atoms with Gasteiger partial charge in [0.2, 0.25) is 11.8 Å². The van der Waals surface area contributed by atoms with Crippen LogP contribution < -0.4 is 5.32 Å². The Labute approximate surface area is 196 Å². The van der Waals surface area contributed by atoms with Gasteiger partial charge in [-0.1, -0.05) is 22.0 Å². The molecule has 0 aromatic carbocycles. The summed E-state index contributed by atoms with van der Waals surface area (Å²) in [5.74, 6) is -2.11. The van der Waals surface area contributed by atoms with E-state index in [4.69, 9.17) is 9.47 Å². The molecule has 2 aliphatic rings. The molecule has 1 aromatic rings. The average Bonchev–Trinajstić information content (AvgIpc) is 3.20. The second-order valence-electron chi connectivity index (χ2n) is 7.91. The molecular weight excluding hydrogens is 508 g/mol. The summed E-state index contributed by atoms with van der Waals surface area (Å²) in [6.07, 6.45) is 0.175. The number of nitrogens with zero attached hydrogens (tertiary/aromatic N) is 1. The molecule has 0 radical (unpaired) electrons. The van der Waals surface area contributed by atoms with Gasteiger partial charge in [0.25, 0.3) is 0 Å². The van der Waals surface area contributed by atoms with Crippen LogP contribution in [0.3, 0.4) is 0 Å². The van der Waals surface area contributed by atoms with Crippen LogP contribution in [0, 0.1) is 0 Å². The van der Waals surface area contributed by atoms with Crippen LogP contribution in [0.2, 0.25) is 0 Å². The molecule has 1 aromatic heterocycles. The van der Waals surface area contributed by atoms with Gasteiger partial charge in [-0.05, 0) is 37.6 Å². The summed E-state index contributed by atoms with van der Waals surface area (Å²) in [6, 6.07) is 1.71. The number of thioether (sulfide) groups is 1. The number of nitrogens with one attached hydrogen (secondary N) is 1. The molecule has 1 saturated heterocycles. The number of alkyl halides is 1. The molecule has 0 aliphatic carbocycles. The number of rotatable bonds is 7. The van der Waals surface area contributed by atoms with Crippen molar-refractivity contribution in [3.63, 3.8) is 0 Å². The molecule has 8 nitrogen and oxygen atoms in total. The molecule has 168 valence electrons. The highest BCUT2D eigenvalue weighted by Gasteiger charge is 2.57. The Morgan fingerprint density at radius 2 is 2.03 bits per heavy atom. The first-order valence-electron chi connectivity index (χ1n) is 9.58. The topological polar surface area (TPSA) is 102 Å². The molecule has 1 N–H and O–H groups in total. The monoisotopic (exact) mass is 530 g/mol. The van der Waals surface area contributed by atoms with Gasteiger partial charge < -0.3 is 19.7 Å². The van der Waals surface area contributed by atoms with Gasteiger partial charge in [-0.2, -0.15) is 0 Å². The first kappa shape index (κ1) is 23.8. The van der Waals surface area contributed by atoms with Crippen molar-refractivity contribution >= 4 is 62.8 Å². The fourth-order valence-electron chi connectivity index (χ4n) is 3.16. The molecule has 3 atom stereocenters. The van der Waals surface area contributed by atoms with Gasteiger partial charge in [0.1, 0.15) is 23.6 Å². The summed E-state index contributed by atoms with van der Waals surface area (Å²) in [4.78, 5) is 52.9. The predicted molar refractivity (Wildman–Crippen MR) is 121 cm³/mol. The molecule has 31 heavy (non-hydrogen) atoms. The fourth-order valence-corrected chi connectivity index (χ4v) is 5.24. The van der Waals surface area contributed by atoms with Crippen molar-refractivity contribution in [2.45, 2.75) is 50.3 Å². The zero-order valence-corrected chi connectivity index (χ0v) is 20.5.